The van der Waals surface area contributed by atoms with E-state index in [1.54, 1.807) is 0 Å². The van der Waals surface area contributed by atoms with E-state index in [9.17, 15) is 0 Å². The van der Waals surface area contributed by atoms with Gasteiger partial charge in [-0.1, -0.05) is 61.2 Å². The Morgan fingerprint density at radius 1 is 1.21 bits per heavy atom. The Labute approximate surface area is 116 Å². The smallest absolute Gasteiger partial charge is 0.0833 e. The molecule has 1 nitrogen and oxygen atoms in total. The Hall–Kier alpha value is -1.60. The van der Waals surface area contributed by atoms with Gasteiger partial charge in [0, 0.05) is 0 Å². The maximum Gasteiger partial charge on any atom is 0.0833 e. The summed E-state index contributed by atoms with van der Waals surface area (Å²) in [5.74, 6) is 0. The lowest BCUT2D eigenvalue weighted by Gasteiger charge is -2.30. The largest absolute Gasteiger partial charge is 0.366 e. The molecule has 2 atom stereocenters. The van der Waals surface area contributed by atoms with E-state index in [1.807, 2.05) is 31.2 Å². The normalized spacial score (nSPS) is 24.1. The minimum atomic E-state index is 0.153. The summed E-state index contributed by atoms with van der Waals surface area (Å²) in [6, 6.07) is 10.5. The van der Waals surface area contributed by atoms with Gasteiger partial charge >= 0.3 is 0 Å². The molecule has 100 valence electrons. The second-order valence-corrected chi connectivity index (χ2v) is 4.91. The Balaban J connectivity index is 1.99. The Morgan fingerprint density at radius 3 is 2.74 bits per heavy atom. The minimum Gasteiger partial charge on any atom is -0.366 e. The van der Waals surface area contributed by atoms with E-state index in [0.717, 1.165) is 18.4 Å². The molecule has 1 saturated heterocycles. The van der Waals surface area contributed by atoms with Gasteiger partial charge in [-0.05, 0) is 37.3 Å². The highest BCUT2D eigenvalue weighted by Crippen LogP contribution is 2.33. The van der Waals surface area contributed by atoms with E-state index < -0.39 is 0 Å². The predicted octanol–water partition coefficient (Wildman–Crippen LogP) is 4.99. The quantitative estimate of drug-likeness (QED) is 0.688. The third-order valence-electron chi connectivity index (χ3n) is 3.46. The molecule has 0 bridgehead atoms. The first-order valence-corrected chi connectivity index (χ1v) is 7.00. The van der Waals surface area contributed by atoms with Crippen molar-refractivity contribution in [1.82, 2.24) is 0 Å². The van der Waals surface area contributed by atoms with Crippen LogP contribution in [0.5, 0.6) is 0 Å². The molecular weight excluding hydrogens is 232 g/mol. The van der Waals surface area contributed by atoms with Gasteiger partial charge in [-0.3, -0.25) is 0 Å². The first kappa shape index (κ1) is 13.8. The van der Waals surface area contributed by atoms with Crippen molar-refractivity contribution in [3.8, 4) is 0 Å². The van der Waals surface area contributed by atoms with Crippen LogP contribution in [-0.4, -0.2) is 6.10 Å². The van der Waals surface area contributed by atoms with Crippen LogP contribution in [-0.2, 0) is 4.74 Å². The Morgan fingerprint density at radius 2 is 2.00 bits per heavy atom. The van der Waals surface area contributed by atoms with Gasteiger partial charge in [0.05, 0.1) is 12.2 Å². The van der Waals surface area contributed by atoms with Gasteiger partial charge < -0.3 is 4.74 Å². The van der Waals surface area contributed by atoms with Crippen molar-refractivity contribution >= 4 is 0 Å². The fraction of sp³-hybridized carbons (Fsp3) is 0.333. The van der Waals surface area contributed by atoms with Gasteiger partial charge in [-0.15, -0.1) is 0 Å². The van der Waals surface area contributed by atoms with Crippen molar-refractivity contribution in [2.24, 2.45) is 0 Å². The summed E-state index contributed by atoms with van der Waals surface area (Å²) in [5, 5.41) is 0. The fourth-order valence-corrected chi connectivity index (χ4v) is 2.41. The molecule has 1 heterocycles. The van der Waals surface area contributed by atoms with Crippen molar-refractivity contribution in [2.75, 3.05) is 0 Å². The molecule has 0 radical (unpaired) electrons. The average Bonchev–Trinajstić information content (AvgIpc) is 2.48. The molecule has 0 saturated carbocycles. The summed E-state index contributed by atoms with van der Waals surface area (Å²) < 4.78 is 6.19. The maximum atomic E-state index is 6.19. The third kappa shape index (κ3) is 3.93. The molecule has 2 rings (SSSR count). The molecule has 0 aromatic heterocycles. The third-order valence-corrected chi connectivity index (χ3v) is 3.46. The van der Waals surface area contributed by atoms with Crippen molar-refractivity contribution in [3.63, 3.8) is 0 Å². The molecule has 0 unspecified atom stereocenters. The van der Waals surface area contributed by atoms with E-state index in [4.69, 9.17) is 4.74 Å². The zero-order chi connectivity index (χ0) is 13.5. The second kappa shape index (κ2) is 7.10. The average molecular weight is 254 g/mol. The summed E-state index contributed by atoms with van der Waals surface area (Å²) in [6.07, 6.45) is 11.8. The zero-order valence-corrected chi connectivity index (χ0v) is 11.6. The molecule has 1 aromatic carbocycles. The summed E-state index contributed by atoms with van der Waals surface area (Å²) in [5.41, 5.74) is 2.34. The highest BCUT2D eigenvalue weighted by molar-refractivity contribution is 5.24. The number of hydrogen-bond acceptors (Lipinski definition) is 1. The molecule has 0 amide bonds. The molecule has 1 aliphatic rings. The SMILES string of the molecule is C=C(/C=C\C=C/C)[C@H]1CCC[C@@H](c2ccccc2)O1. The number of rotatable bonds is 4. The van der Waals surface area contributed by atoms with Crippen LogP contribution in [0, 0.1) is 0 Å². The molecule has 1 aliphatic heterocycles. The van der Waals surface area contributed by atoms with Crippen molar-refractivity contribution in [3.05, 3.63) is 72.4 Å². The first-order valence-electron chi connectivity index (χ1n) is 7.00. The molecule has 1 fully saturated rings. The monoisotopic (exact) mass is 254 g/mol. The Kier molecular flexibility index (Phi) is 5.17. The second-order valence-electron chi connectivity index (χ2n) is 4.91. The van der Waals surface area contributed by atoms with Crippen LogP contribution in [0.2, 0.25) is 0 Å². The lowest BCUT2D eigenvalue weighted by molar-refractivity contribution is -0.0306. The standard InChI is InChI=1S/C18H22O/c1-3-4-6-10-15(2)17-13-9-14-18(19-17)16-11-7-5-8-12-16/h3-8,10-12,17-18H,2,9,13-14H2,1H3/b4-3-,10-6-/t17-,18+/m1/s1. The van der Waals surface area contributed by atoms with Crippen LogP contribution < -0.4 is 0 Å². The molecule has 0 spiro atoms. The van der Waals surface area contributed by atoms with Crippen LogP contribution in [0.1, 0.15) is 37.9 Å². The van der Waals surface area contributed by atoms with Crippen molar-refractivity contribution in [1.29, 1.82) is 0 Å². The topological polar surface area (TPSA) is 9.23 Å². The van der Waals surface area contributed by atoms with Gasteiger partial charge in [0.1, 0.15) is 0 Å². The zero-order valence-electron chi connectivity index (χ0n) is 11.6. The van der Waals surface area contributed by atoms with E-state index in [-0.39, 0.29) is 12.2 Å². The van der Waals surface area contributed by atoms with Gasteiger partial charge in [0.15, 0.2) is 0 Å². The summed E-state index contributed by atoms with van der Waals surface area (Å²) in [7, 11) is 0. The van der Waals surface area contributed by atoms with Crippen LogP contribution in [0.25, 0.3) is 0 Å². The van der Waals surface area contributed by atoms with E-state index in [1.165, 1.54) is 12.0 Å². The highest BCUT2D eigenvalue weighted by Gasteiger charge is 2.24. The van der Waals surface area contributed by atoms with Crippen LogP contribution >= 0.6 is 0 Å². The Bertz CT molecular complexity index is 456. The highest BCUT2D eigenvalue weighted by atomic mass is 16.5. The lowest BCUT2D eigenvalue weighted by Crippen LogP contribution is -2.23. The summed E-state index contributed by atoms with van der Waals surface area (Å²) in [6.45, 7) is 6.14. The number of benzene rings is 1. The van der Waals surface area contributed by atoms with E-state index >= 15 is 0 Å². The van der Waals surface area contributed by atoms with Gasteiger partial charge in [0.25, 0.3) is 0 Å². The maximum absolute atomic E-state index is 6.19. The van der Waals surface area contributed by atoms with Crippen LogP contribution in [0.4, 0.5) is 0 Å². The number of allylic oxidation sites excluding steroid dienone is 3. The molecule has 1 aromatic rings. The van der Waals surface area contributed by atoms with Crippen molar-refractivity contribution < 1.29 is 4.74 Å². The number of hydrogen-bond donors (Lipinski definition) is 0. The minimum absolute atomic E-state index is 0.153. The van der Waals surface area contributed by atoms with Gasteiger partial charge in [0.2, 0.25) is 0 Å². The first-order chi connectivity index (χ1) is 9.31. The predicted molar refractivity (Wildman–Crippen MR) is 81.0 cm³/mol. The van der Waals surface area contributed by atoms with Crippen LogP contribution in [0.15, 0.2) is 66.8 Å². The van der Waals surface area contributed by atoms with Gasteiger partial charge in [-0.2, -0.15) is 0 Å². The van der Waals surface area contributed by atoms with E-state index in [0.29, 0.717) is 0 Å². The fourth-order valence-electron chi connectivity index (χ4n) is 2.41. The molecule has 19 heavy (non-hydrogen) atoms. The van der Waals surface area contributed by atoms with Gasteiger partial charge in [-0.25, -0.2) is 0 Å². The van der Waals surface area contributed by atoms with Crippen molar-refractivity contribution in [2.45, 2.75) is 38.4 Å². The summed E-state index contributed by atoms with van der Waals surface area (Å²) in [4.78, 5) is 0. The molecular formula is C18H22O. The van der Waals surface area contributed by atoms with E-state index in [2.05, 4.69) is 36.9 Å². The lowest BCUT2D eigenvalue weighted by atomic mass is 9.95. The summed E-state index contributed by atoms with van der Waals surface area (Å²) >= 11 is 0. The molecule has 0 aliphatic carbocycles. The molecule has 0 N–H and O–H groups in total. The van der Waals surface area contributed by atoms with Crippen LogP contribution in [0.3, 0.4) is 0 Å². The molecule has 1 heteroatoms. The number of ether oxygens (including phenoxy) is 1.